The van der Waals surface area contributed by atoms with Gasteiger partial charge in [0.2, 0.25) is 0 Å². The van der Waals surface area contributed by atoms with Crippen molar-refractivity contribution in [3.05, 3.63) is 35.1 Å². The lowest BCUT2D eigenvalue weighted by Gasteiger charge is -2.05. The maximum absolute atomic E-state index is 13.3. The van der Waals surface area contributed by atoms with E-state index < -0.39 is 0 Å². The zero-order valence-corrected chi connectivity index (χ0v) is 9.04. The summed E-state index contributed by atoms with van der Waals surface area (Å²) in [6.45, 7) is 1.32. The molecule has 2 N–H and O–H groups in total. The van der Waals surface area contributed by atoms with Crippen molar-refractivity contribution in [1.29, 1.82) is 5.26 Å². The summed E-state index contributed by atoms with van der Waals surface area (Å²) in [6.07, 6.45) is 1.60. The van der Waals surface area contributed by atoms with E-state index in [1.165, 1.54) is 12.1 Å². The van der Waals surface area contributed by atoms with Crippen LogP contribution in [-0.2, 0) is 6.54 Å². The second-order valence-corrected chi connectivity index (χ2v) is 3.53. The van der Waals surface area contributed by atoms with Crippen LogP contribution in [0.25, 0.3) is 0 Å². The number of hydrogen-bond donors (Lipinski definition) is 2. The van der Waals surface area contributed by atoms with Crippen molar-refractivity contribution in [3.8, 4) is 6.07 Å². The summed E-state index contributed by atoms with van der Waals surface area (Å²) in [4.78, 5) is 0. The van der Waals surface area contributed by atoms with Crippen molar-refractivity contribution in [2.75, 3.05) is 13.2 Å². The van der Waals surface area contributed by atoms with Crippen molar-refractivity contribution < 1.29 is 9.50 Å². The first-order valence-corrected chi connectivity index (χ1v) is 5.28. The second-order valence-electron chi connectivity index (χ2n) is 3.53. The summed E-state index contributed by atoms with van der Waals surface area (Å²) in [5.74, 6) is -0.298. The average Bonchev–Trinajstić information content (AvgIpc) is 2.31. The second kappa shape index (κ2) is 6.94. The Balaban J connectivity index is 2.44. The van der Waals surface area contributed by atoms with E-state index in [0.29, 0.717) is 17.7 Å². The van der Waals surface area contributed by atoms with E-state index in [0.717, 1.165) is 19.4 Å². The van der Waals surface area contributed by atoms with Gasteiger partial charge in [-0.3, -0.25) is 0 Å². The zero-order valence-electron chi connectivity index (χ0n) is 9.04. The third kappa shape index (κ3) is 3.97. The van der Waals surface area contributed by atoms with E-state index in [4.69, 9.17) is 10.4 Å². The minimum absolute atomic E-state index is 0.181. The summed E-state index contributed by atoms with van der Waals surface area (Å²) < 4.78 is 13.3. The van der Waals surface area contributed by atoms with E-state index in [2.05, 4.69) is 5.32 Å². The Morgan fingerprint density at radius 1 is 1.38 bits per heavy atom. The Hall–Kier alpha value is -1.44. The van der Waals surface area contributed by atoms with Gasteiger partial charge >= 0.3 is 0 Å². The highest BCUT2D eigenvalue weighted by atomic mass is 19.1. The molecular formula is C12H15FN2O. The van der Waals surface area contributed by atoms with Crippen LogP contribution < -0.4 is 5.32 Å². The molecular weight excluding hydrogens is 207 g/mol. The van der Waals surface area contributed by atoms with Crippen LogP contribution in [0.2, 0.25) is 0 Å². The number of unbranched alkanes of at least 4 members (excludes halogenated alkanes) is 1. The highest BCUT2D eigenvalue weighted by Crippen LogP contribution is 2.09. The lowest BCUT2D eigenvalue weighted by atomic mass is 10.1. The topological polar surface area (TPSA) is 56.0 Å². The monoisotopic (exact) mass is 222 g/mol. The van der Waals surface area contributed by atoms with Crippen molar-refractivity contribution in [1.82, 2.24) is 5.32 Å². The summed E-state index contributed by atoms with van der Waals surface area (Å²) >= 11 is 0. The number of aliphatic hydroxyl groups excluding tert-OH is 1. The molecule has 0 unspecified atom stereocenters. The molecule has 0 heterocycles. The van der Waals surface area contributed by atoms with E-state index in [9.17, 15) is 4.39 Å². The van der Waals surface area contributed by atoms with Crippen LogP contribution in [0, 0.1) is 17.1 Å². The van der Waals surface area contributed by atoms with Crippen LogP contribution >= 0.6 is 0 Å². The number of rotatable bonds is 6. The van der Waals surface area contributed by atoms with Gasteiger partial charge in [0, 0.05) is 18.7 Å². The fourth-order valence-corrected chi connectivity index (χ4v) is 1.36. The summed E-state index contributed by atoms with van der Waals surface area (Å²) in [5.41, 5.74) is 0.969. The molecule has 0 saturated carbocycles. The first-order valence-electron chi connectivity index (χ1n) is 5.28. The first-order chi connectivity index (χ1) is 7.77. The third-order valence-corrected chi connectivity index (χ3v) is 2.25. The van der Waals surface area contributed by atoms with E-state index in [1.54, 1.807) is 6.07 Å². The van der Waals surface area contributed by atoms with Crippen LogP contribution in [0.3, 0.4) is 0 Å². The Bertz CT molecular complexity index is 374. The van der Waals surface area contributed by atoms with Gasteiger partial charge in [0.15, 0.2) is 0 Å². The Morgan fingerprint density at radius 3 is 2.88 bits per heavy atom. The van der Waals surface area contributed by atoms with E-state index >= 15 is 0 Å². The molecule has 0 aliphatic heterocycles. The lowest BCUT2D eigenvalue weighted by Crippen LogP contribution is -2.16. The van der Waals surface area contributed by atoms with Gasteiger partial charge in [-0.1, -0.05) is 0 Å². The maximum Gasteiger partial charge on any atom is 0.127 e. The Morgan fingerprint density at radius 2 is 2.19 bits per heavy atom. The lowest BCUT2D eigenvalue weighted by molar-refractivity contribution is 0.283. The van der Waals surface area contributed by atoms with Crippen molar-refractivity contribution in [3.63, 3.8) is 0 Å². The van der Waals surface area contributed by atoms with Crippen LogP contribution in [-0.4, -0.2) is 18.3 Å². The molecule has 0 aromatic heterocycles. The van der Waals surface area contributed by atoms with Gasteiger partial charge in [-0.25, -0.2) is 4.39 Å². The molecule has 0 atom stereocenters. The summed E-state index contributed by atoms with van der Waals surface area (Å²) in [6, 6.07) is 6.30. The number of nitriles is 1. The van der Waals surface area contributed by atoms with Crippen LogP contribution in [0.15, 0.2) is 18.2 Å². The van der Waals surface area contributed by atoms with Gasteiger partial charge in [-0.2, -0.15) is 5.26 Å². The normalized spacial score (nSPS) is 10.1. The Kier molecular flexibility index (Phi) is 5.48. The minimum Gasteiger partial charge on any atom is -0.396 e. The third-order valence-electron chi connectivity index (χ3n) is 2.25. The number of nitrogens with one attached hydrogen (secondary N) is 1. The number of halogens is 1. The molecule has 86 valence electrons. The molecule has 0 spiro atoms. The SMILES string of the molecule is N#Cc1ccc(F)c(CNCCCCO)c1. The van der Waals surface area contributed by atoms with Gasteiger partial charge in [-0.15, -0.1) is 0 Å². The quantitative estimate of drug-likeness (QED) is 0.718. The molecule has 0 aliphatic rings. The Labute approximate surface area is 94.5 Å². The smallest absolute Gasteiger partial charge is 0.127 e. The molecule has 0 amide bonds. The number of aliphatic hydroxyl groups is 1. The molecule has 1 rings (SSSR count). The molecule has 1 aromatic carbocycles. The molecule has 4 heteroatoms. The number of hydrogen-bond acceptors (Lipinski definition) is 3. The van der Waals surface area contributed by atoms with Crippen LogP contribution in [0.1, 0.15) is 24.0 Å². The van der Waals surface area contributed by atoms with Crippen molar-refractivity contribution >= 4 is 0 Å². The van der Waals surface area contributed by atoms with Gasteiger partial charge in [-0.05, 0) is 37.6 Å². The van der Waals surface area contributed by atoms with Gasteiger partial charge in [0.1, 0.15) is 5.82 Å². The molecule has 0 bridgehead atoms. The van der Waals surface area contributed by atoms with Crippen LogP contribution in [0.5, 0.6) is 0 Å². The highest BCUT2D eigenvalue weighted by molar-refractivity contribution is 5.33. The molecule has 0 aliphatic carbocycles. The summed E-state index contributed by atoms with van der Waals surface area (Å²) in [5, 5.41) is 20.3. The van der Waals surface area contributed by atoms with Gasteiger partial charge < -0.3 is 10.4 Å². The number of benzene rings is 1. The van der Waals surface area contributed by atoms with Gasteiger partial charge in [0.05, 0.1) is 11.6 Å². The summed E-state index contributed by atoms with van der Waals surface area (Å²) in [7, 11) is 0. The molecule has 16 heavy (non-hydrogen) atoms. The molecule has 0 fully saturated rings. The maximum atomic E-state index is 13.3. The molecule has 0 radical (unpaired) electrons. The molecule has 1 aromatic rings. The zero-order chi connectivity index (χ0) is 11.8. The predicted molar refractivity (Wildman–Crippen MR) is 59.1 cm³/mol. The molecule has 0 saturated heterocycles. The van der Waals surface area contributed by atoms with Crippen molar-refractivity contribution in [2.24, 2.45) is 0 Å². The first kappa shape index (κ1) is 12.6. The highest BCUT2D eigenvalue weighted by Gasteiger charge is 2.02. The number of nitrogens with zero attached hydrogens (tertiary/aromatic N) is 1. The standard InChI is InChI=1S/C12H15FN2O/c13-12-4-3-10(8-14)7-11(12)9-15-5-1-2-6-16/h3-4,7,15-16H,1-2,5-6,9H2. The average molecular weight is 222 g/mol. The fourth-order valence-electron chi connectivity index (χ4n) is 1.36. The predicted octanol–water partition coefficient (Wildman–Crippen LogP) is 1.56. The minimum atomic E-state index is -0.298. The van der Waals surface area contributed by atoms with E-state index in [1.807, 2.05) is 6.07 Å². The van der Waals surface area contributed by atoms with Crippen molar-refractivity contribution in [2.45, 2.75) is 19.4 Å². The van der Waals surface area contributed by atoms with Crippen LogP contribution in [0.4, 0.5) is 4.39 Å². The van der Waals surface area contributed by atoms with E-state index in [-0.39, 0.29) is 12.4 Å². The molecule has 3 nitrogen and oxygen atoms in total. The van der Waals surface area contributed by atoms with Gasteiger partial charge in [0.25, 0.3) is 0 Å². The largest absolute Gasteiger partial charge is 0.396 e. The fraction of sp³-hybridized carbons (Fsp3) is 0.417.